The van der Waals surface area contributed by atoms with Crippen LogP contribution in [0.4, 0.5) is 0 Å². The lowest BCUT2D eigenvalue weighted by Crippen LogP contribution is -1.98. The normalized spacial score (nSPS) is 12.3. The van der Waals surface area contributed by atoms with E-state index in [0.717, 1.165) is 6.42 Å². The summed E-state index contributed by atoms with van der Waals surface area (Å²) < 4.78 is 0. The molecule has 1 heteroatoms. The van der Waals surface area contributed by atoms with Crippen LogP contribution < -0.4 is 0 Å². The quantitative estimate of drug-likeness (QED) is 0.667. The van der Waals surface area contributed by atoms with E-state index in [9.17, 15) is 5.11 Å². The van der Waals surface area contributed by atoms with Crippen molar-refractivity contribution < 1.29 is 5.11 Å². The van der Waals surface area contributed by atoms with Gasteiger partial charge in [0.25, 0.3) is 0 Å². The van der Waals surface area contributed by atoms with Crippen LogP contribution in [0.5, 0.6) is 5.75 Å². The second kappa shape index (κ2) is 7.87. The van der Waals surface area contributed by atoms with Crippen LogP contribution in [0.3, 0.4) is 0 Å². The summed E-state index contributed by atoms with van der Waals surface area (Å²) in [5.74, 6) is 0.805. The van der Waals surface area contributed by atoms with Crippen LogP contribution >= 0.6 is 0 Å². The number of phenolic OH excluding ortho intramolecular Hbond substituents is 1. The molecule has 2 aromatic rings. The van der Waals surface area contributed by atoms with Crippen LogP contribution in [0.2, 0.25) is 0 Å². The van der Waals surface area contributed by atoms with Crippen molar-refractivity contribution in [2.45, 2.75) is 51.9 Å². The lowest BCUT2D eigenvalue weighted by molar-refractivity contribution is 0.475. The SMILES string of the molecule is CCCCCc1ccc(CC(C)c2ccc(O)cc2)cc1. The van der Waals surface area contributed by atoms with E-state index < -0.39 is 0 Å². The van der Waals surface area contributed by atoms with Crippen LogP contribution in [0.15, 0.2) is 48.5 Å². The van der Waals surface area contributed by atoms with Crippen molar-refractivity contribution in [2.24, 2.45) is 0 Å². The Balaban J connectivity index is 1.91. The minimum atomic E-state index is 0.336. The number of aryl methyl sites for hydroxylation is 1. The van der Waals surface area contributed by atoms with Gasteiger partial charge < -0.3 is 5.11 Å². The molecule has 0 aromatic heterocycles. The van der Waals surface area contributed by atoms with E-state index in [0.29, 0.717) is 11.7 Å². The monoisotopic (exact) mass is 282 g/mol. The van der Waals surface area contributed by atoms with E-state index in [1.54, 1.807) is 12.1 Å². The zero-order valence-electron chi connectivity index (χ0n) is 13.2. The molecule has 0 radical (unpaired) electrons. The molecule has 0 saturated carbocycles. The van der Waals surface area contributed by atoms with Crippen LogP contribution in [-0.4, -0.2) is 5.11 Å². The van der Waals surface area contributed by atoms with Crippen molar-refractivity contribution in [3.8, 4) is 5.75 Å². The highest BCUT2D eigenvalue weighted by molar-refractivity contribution is 5.30. The minimum absolute atomic E-state index is 0.336. The molecule has 112 valence electrons. The van der Waals surface area contributed by atoms with Crippen LogP contribution in [0, 0.1) is 0 Å². The molecule has 0 amide bonds. The number of aromatic hydroxyl groups is 1. The fourth-order valence-corrected chi connectivity index (χ4v) is 2.70. The third-order valence-corrected chi connectivity index (χ3v) is 4.10. The summed E-state index contributed by atoms with van der Waals surface area (Å²) in [6.07, 6.45) is 6.13. The summed E-state index contributed by atoms with van der Waals surface area (Å²) in [6.45, 7) is 4.48. The van der Waals surface area contributed by atoms with Crippen molar-refractivity contribution in [3.63, 3.8) is 0 Å². The molecule has 0 aliphatic carbocycles. The summed E-state index contributed by atoms with van der Waals surface area (Å²) in [5, 5.41) is 9.35. The van der Waals surface area contributed by atoms with Crippen LogP contribution in [0.1, 0.15) is 55.7 Å². The van der Waals surface area contributed by atoms with Crippen LogP contribution in [-0.2, 0) is 12.8 Å². The topological polar surface area (TPSA) is 20.2 Å². The van der Waals surface area contributed by atoms with Gasteiger partial charge in [-0.05, 0) is 54.0 Å². The van der Waals surface area contributed by atoms with Gasteiger partial charge in [-0.3, -0.25) is 0 Å². The molecule has 0 saturated heterocycles. The molecule has 2 rings (SSSR count). The summed E-state index contributed by atoms with van der Waals surface area (Å²) in [4.78, 5) is 0. The number of phenols is 1. The zero-order valence-corrected chi connectivity index (χ0v) is 13.2. The first kappa shape index (κ1) is 15.6. The summed E-state index contributed by atoms with van der Waals surface area (Å²) >= 11 is 0. The number of hydrogen-bond donors (Lipinski definition) is 1. The Kier molecular flexibility index (Phi) is 5.86. The predicted octanol–water partition coefficient (Wildman–Crippen LogP) is 5.47. The maximum atomic E-state index is 9.35. The van der Waals surface area contributed by atoms with Gasteiger partial charge >= 0.3 is 0 Å². The van der Waals surface area contributed by atoms with Crippen LogP contribution in [0.25, 0.3) is 0 Å². The average Bonchev–Trinajstić information content (AvgIpc) is 2.50. The fourth-order valence-electron chi connectivity index (χ4n) is 2.70. The highest BCUT2D eigenvalue weighted by Crippen LogP contribution is 2.22. The van der Waals surface area contributed by atoms with Crippen molar-refractivity contribution in [3.05, 3.63) is 65.2 Å². The molecule has 0 aliphatic heterocycles. The van der Waals surface area contributed by atoms with E-state index in [2.05, 4.69) is 38.1 Å². The molecule has 1 atom stereocenters. The Morgan fingerprint density at radius 3 is 2.10 bits per heavy atom. The summed E-state index contributed by atoms with van der Waals surface area (Å²) in [5.41, 5.74) is 4.11. The maximum Gasteiger partial charge on any atom is 0.115 e. The first-order valence-corrected chi connectivity index (χ1v) is 8.05. The molecule has 0 heterocycles. The number of unbranched alkanes of at least 4 members (excludes halogenated alkanes) is 2. The van der Waals surface area contributed by atoms with Gasteiger partial charge in [-0.1, -0.05) is 63.1 Å². The van der Waals surface area contributed by atoms with Gasteiger partial charge in [0.2, 0.25) is 0 Å². The highest BCUT2D eigenvalue weighted by Gasteiger charge is 2.07. The standard InChI is InChI=1S/C20H26O/c1-3-4-5-6-17-7-9-18(10-8-17)15-16(2)19-11-13-20(21)14-12-19/h7-14,16,21H,3-6,15H2,1-2H3. The molecular weight excluding hydrogens is 256 g/mol. The van der Waals surface area contributed by atoms with E-state index in [1.165, 1.54) is 42.4 Å². The third-order valence-electron chi connectivity index (χ3n) is 4.10. The molecule has 1 nitrogen and oxygen atoms in total. The molecule has 0 aliphatic rings. The first-order valence-electron chi connectivity index (χ1n) is 8.05. The average molecular weight is 282 g/mol. The Labute approximate surface area is 128 Å². The van der Waals surface area contributed by atoms with Crippen molar-refractivity contribution in [2.75, 3.05) is 0 Å². The molecule has 2 aromatic carbocycles. The van der Waals surface area contributed by atoms with Gasteiger partial charge in [0.05, 0.1) is 0 Å². The fraction of sp³-hybridized carbons (Fsp3) is 0.400. The van der Waals surface area contributed by atoms with Gasteiger partial charge in [-0.15, -0.1) is 0 Å². The smallest absolute Gasteiger partial charge is 0.115 e. The molecule has 0 spiro atoms. The van der Waals surface area contributed by atoms with Gasteiger partial charge in [0.1, 0.15) is 5.75 Å². The molecule has 0 fully saturated rings. The Morgan fingerprint density at radius 2 is 1.48 bits per heavy atom. The van der Waals surface area contributed by atoms with Gasteiger partial charge in [0, 0.05) is 0 Å². The van der Waals surface area contributed by atoms with E-state index in [-0.39, 0.29) is 0 Å². The number of hydrogen-bond acceptors (Lipinski definition) is 1. The second-order valence-corrected chi connectivity index (χ2v) is 5.97. The minimum Gasteiger partial charge on any atom is -0.508 e. The van der Waals surface area contributed by atoms with E-state index in [4.69, 9.17) is 0 Å². The lowest BCUT2D eigenvalue weighted by atomic mass is 9.93. The van der Waals surface area contributed by atoms with Crippen molar-refractivity contribution >= 4 is 0 Å². The highest BCUT2D eigenvalue weighted by atomic mass is 16.3. The first-order chi connectivity index (χ1) is 10.2. The Bertz CT molecular complexity index is 525. The summed E-state index contributed by atoms with van der Waals surface area (Å²) in [6, 6.07) is 16.6. The van der Waals surface area contributed by atoms with Gasteiger partial charge in [0.15, 0.2) is 0 Å². The summed E-state index contributed by atoms with van der Waals surface area (Å²) in [7, 11) is 0. The molecule has 0 bridgehead atoms. The third kappa shape index (κ3) is 4.93. The maximum absolute atomic E-state index is 9.35. The predicted molar refractivity (Wildman–Crippen MR) is 89.9 cm³/mol. The molecule has 1 N–H and O–H groups in total. The van der Waals surface area contributed by atoms with Crippen molar-refractivity contribution in [1.82, 2.24) is 0 Å². The zero-order chi connectivity index (χ0) is 15.1. The Hall–Kier alpha value is -1.76. The molecule has 1 unspecified atom stereocenters. The second-order valence-electron chi connectivity index (χ2n) is 5.97. The number of benzene rings is 2. The molecule has 21 heavy (non-hydrogen) atoms. The van der Waals surface area contributed by atoms with Gasteiger partial charge in [-0.25, -0.2) is 0 Å². The van der Waals surface area contributed by atoms with E-state index in [1.807, 2.05) is 12.1 Å². The molecular formula is C20H26O. The van der Waals surface area contributed by atoms with Gasteiger partial charge in [-0.2, -0.15) is 0 Å². The van der Waals surface area contributed by atoms with E-state index >= 15 is 0 Å². The lowest BCUT2D eigenvalue weighted by Gasteiger charge is -2.12. The van der Waals surface area contributed by atoms with Crippen molar-refractivity contribution in [1.29, 1.82) is 0 Å². The number of rotatable bonds is 7. The largest absolute Gasteiger partial charge is 0.508 e. The Morgan fingerprint density at radius 1 is 0.857 bits per heavy atom.